The van der Waals surface area contributed by atoms with Gasteiger partial charge in [-0.3, -0.25) is 10.1 Å². The Balaban J connectivity index is 0.00000133. The van der Waals surface area contributed by atoms with Crippen molar-refractivity contribution in [3.05, 3.63) is 28.3 Å². The molecule has 1 aromatic carbocycles. The van der Waals surface area contributed by atoms with Crippen molar-refractivity contribution in [2.45, 2.75) is 0 Å². The SMILES string of the molecule is Cl.O=[N+]([O-])c1ccc2nc(N3CCNCC3)sc2c1. The van der Waals surface area contributed by atoms with Gasteiger partial charge in [-0.1, -0.05) is 11.3 Å². The van der Waals surface area contributed by atoms with E-state index in [1.54, 1.807) is 12.1 Å². The number of nitro groups is 1. The van der Waals surface area contributed by atoms with Crippen molar-refractivity contribution in [1.82, 2.24) is 10.3 Å². The fraction of sp³-hybridized carbons (Fsp3) is 0.364. The van der Waals surface area contributed by atoms with Crippen molar-refractivity contribution in [2.24, 2.45) is 0 Å². The summed E-state index contributed by atoms with van der Waals surface area (Å²) in [5, 5.41) is 15.0. The molecule has 3 rings (SSSR count). The predicted octanol–water partition coefficient (Wildman–Crippen LogP) is 2.04. The summed E-state index contributed by atoms with van der Waals surface area (Å²) in [6.45, 7) is 3.77. The first-order valence-electron chi connectivity index (χ1n) is 5.75. The van der Waals surface area contributed by atoms with Crippen LogP contribution in [0.4, 0.5) is 10.8 Å². The van der Waals surface area contributed by atoms with Crippen LogP contribution >= 0.6 is 23.7 Å². The molecule has 2 aromatic rings. The van der Waals surface area contributed by atoms with Crippen LogP contribution in [0.15, 0.2) is 18.2 Å². The molecule has 1 aromatic heterocycles. The molecular formula is C11H13ClN4O2S. The van der Waals surface area contributed by atoms with Crippen LogP contribution in [0.5, 0.6) is 0 Å². The average molecular weight is 301 g/mol. The molecule has 1 saturated heterocycles. The lowest BCUT2D eigenvalue weighted by Gasteiger charge is -2.26. The Kier molecular flexibility index (Phi) is 4.18. The van der Waals surface area contributed by atoms with Crippen LogP contribution in [-0.2, 0) is 0 Å². The molecule has 0 aliphatic carbocycles. The minimum Gasteiger partial charge on any atom is -0.346 e. The summed E-state index contributed by atoms with van der Waals surface area (Å²) in [6.07, 6.45) is 0. The number of aromatic nitrogens is 1. The molecule has 0 atom stereocenters. The normalized spacial score (nSPS) is 15.3. The summed E-state index contributed by atoms with van der Waals surface area (Å²) in [7, 11) is 0. The molecule has 0 amide bonds. The molecule has 8 heteroatoms. The minimum atomic E-state index is -0.371. The maximum Gasteiger partial charge on any atom is 0.270 e. The molecule has 1 aliphatic rings. The first-order chi connectivity index (χ1) is 8.74. The first kappa shape index (κ1) is 14.0. The number of nitrogens with zero attached hydrogens (tertiary/aromatic N) is 3. The largest absolute Gasteiger partial charge is 0.346 e. The van der Waals surface area contributed by atoms with Gasteiger partial charge in [-0.25, -0.2) is 4.98 Å². The molecular weight excluding hydrogens is 288 g/mol. The molecule has 1 N–H and O–H groups in total. The van der Waals surface area contributed by atoms with E-state index in [0.29, 0.717) is 0 Å². The second-order valence-corrected chi connectivity index (χ2v) is 5.15. The zero-order valence-corrected chi connectivity index (χ0v) is 11.7. The molecule has 1 aliphatic heterocycles. The predicted molar refractivity (Wildman–Crippen MR) is 78.6 cm³/mol. The van der Waals surface area contributed by atoms with Crippen molar-refractivity contribution >= 4 is 44.8 Å². The summed E-state index contributed by atoms with van der Waals surface area (Å²) in [4.78, 5) is 17.1. The molecule has 2 heterocycles. The number of benzene rings is 1. The van der Waals surface area contributed by atoms with Gasteiger partial charge >= 0.3 is 0 Å². The van der Waals surface area contributed by atoms with Crippen molar-refractivity contribution < 1.29 is 4.92 Å². The van der Waals surface area contributed by atoms with Gasteiger partial charge in [0.1, 0.15) is 0 Å². The Morgan fingerprint density at radius 1 is 1.37 bits per heavy atom. The highest BCUT2D eigenvalue weighted by molar-refractivity contribution is 7.22. The van der Waals surface area contributed by atoms with Gasteiger partial charge in [0.15, 0.2) is 5.13 Å². The van der Waals surface area contributed by atoms with E-state index in [-0.39, 0.29) is 23.0 Å². The smallest absolute Gasteiger partial charge is 0.270 e. The first-order valence-corrected chi connectivity index (χ1v) is 6.56. The number of hydrogen-bond acceptors (Lipinski definition) is 6. The maximum absolute atomic E-state index is 10.7. The fourth-order valence-corrected chi connectivity index (χ4v) is 3.06. The van der Waals surface area contributed by atoms with E-state index in [1.165, 1.54) is 17.4 Å². The minimum absolute atomic E-state index is 0. The number of nitro benzene ring substituents is 1. The zero-order chi connectivity index (χ0) is 12.5. The van der Waals surface area contributed by atoms with Crippen LogP contribution in [-0.4, -0.2) is 36.1 Å². The highest BCUT2D eigenvalue weighted by Crippen LogP contribution is 2.31. The lowest BCUT2D eigenvalue weighted by atomic mass is 10.3. The van der Waals surface area contributed by atoms with Gasteiger partial charge in [0.2, 0.25) is 0 Å². The second kappa shape index (κ2) is 5.68. The molecule has 102 valence electrons. The Hall–Kier alpha value is -1.44. The number of thiazole rings is 1. The number of rotatable bonds is 2. The molecule has 0 radical (unpaired) electrons. The summed E-state index contributed by atoms with van der Waals surface area (Å²) in [6, 6.07) is 4.82. The average Bonchev–Trinajstić information content (AvgIpc) is 2.82. The third-order valence-electron chi connectivity index (χ3n) is 2.96. The molecule has 19 heavy (non-hydrogen) atoms. The van der Waals surface area contributed by atoms with Crippen molar-refractivity contribution in [2.75, 3.05) is 31.1 Å². The van der Waals surface area contributed by atoms with Crippen molar-refractivity contribution in [1.29, 1.82) is 0 Å². The summed E-state index contributed by atoms with van der Waals surface area (Å²) < 4.78 is 0.873. The van der Waals surface area contributed by atoms with E-state index in [2.05, 4.69) is 15.2 Å². The standard InChI is InChI=1S/C11H12N4O2S.ClH/c16-15(17)8-1-2-9-10(7-8)18-11(13-9)14-5-3-12-4-6-14;/h1-2,7,12H,3-6H2;1H. The van der Waals surface area contributed by atoms with Gasteiger partial charge < -0.3 is 10.2 Å². The maximum atomic E-state index is 10.7. The summed E-state index contributed by atoms with van der Waals surface area (Å²) in [5.41, 5.74) is 0.956. The third kappa shape index (κ3) is 2.78. The Morgan fingerprint density at radius 2 is 2.11 bits per heavy atom. The van der Waals surface area contributed by atoms with Gasteiger partial charge in [-0.05, 0) is 6.07 Å². The van der Waals surface area contributed by atoms with Gasteiger partial charge in [-0.2, -0.15) is 0 Å². The molecule has 1 fully saturated rings. The number of nitrogens with one attached hydrogen (secondary N) is 1. The van der Waals surface area contributed by atoms with Crippen LogP contribution in [0.3, 0.4) is 0 Å². The van der Waals surface area contributed by atoms with E-state index in [0.717, 1.165) is 41.5 Å². The Labute approximate surface area is 120 Å². The van der Waals surface area contributed by atoms with Crippen LogP contribution in [0.2, 0.25) is 0 Å². The third-order valence-corrected chi connectivity index (χ3v) is 4.04. The highest BCUT2D eigenvalue weighted by Gasteiger charge is 2.16. The van der Waals surface area contributed by atoms with Crippen molar-refractivity contribution in [3.63, 3.8) is 0 Å². The zero-order valence-electron chi connectivity index (χ0n) is 10.0. The summed E-state index contributed by atoms with van der Waals surface area (Å²) in [5.74, 6) is 0. The van der Waals surface area contributed by atoms with Gasteiger partial charge in [-0.15, -0.1) is 12.4 Å². The van der Waals surface area contributed by atoms with Gasteiger partial charge in [0, 0.05) is 38.3 Å². The Morgan fingerprint density at radius 3 is 2.79 bits per heavy atom. The molecule has 6 nitrogen and oxygen atoms in total. The molecule has 0 unspecified atom stereocenters. The number of fused-ring (bicyclic) bond motifs is 1. The number of anilines is 1. The number of hydrogen-bond donors (Lipinski definition) is 1. The van der Waals surface area contributed by atoms with Crippen LogP contribution < -0.4 is 10.2 Å². The summed E-state index contributed by atoms with van der Waals surface area (Å²) >= 11 is 1.52. The number of non-ortho nitro benzene ring substituents is 1. The number of piperazine rings is 1. The topological polar surface area (TPSA) is 71.3 Å². The Bertz CT molecular complexity index is 597. The number of halogens is 1. The van der Waals surface area contributed by atoms with Gasteiger partial charge in [0.25, 0.3) is 5.69 Å². The van der Waals surface area contributed by atoms with Gasteiger partial charge in [0.05, 0.1) is 15.1 Å². The fourth-order valence-electron chi connectivity index (χ4n) is 2.01. The van der Waals surface area contributed by atoms with Crippen LogP contribution in [0, 0.1) is 10.1 Å². The van der Waals surface area contributed by atoms with E-state index < -0.39 is 0 Å². The quantitative estimate of drug-likeness (QED) is 0.679. The lowest BCUT2D eigenvalue weighted by Crippen LogP contribution is -2.43. The lowest BCUT2D eigenvalue weighted by molar-refractivity contribution is -0.384. The molecule has 0 bridgehead atoms. The highest BCUT2D eigenvalue weighted by atomic mass is 35.5. The van der Waals surface area contributed by atoms with Crippen LogP contribution in [0.25, 0.3) is 10.2 Å². The van der Waals surface area contributed by atoms with Crippen molar-refractivity contribution in [3.8, 4) is 0 Å². The molecule has 0 spiro atoms. The van der Waals surface area contributed by atoms with E-state index in [9.17, 15) is 10.1 Å². The molecule has 0 saturated carbocycles. The van der Waals surface area contributed by atoms with E-state index >= 15 is 0 Å². The van der Waals surface area contributed by atoms with E-state index in [1.807, 2.05) is 0 Å². The van der Waals surface area contributed by atoms with E-state index in [4.69, 9.17) is 0 Å². The van der Waals surface area contributed by atoms with Crippen LogP contribution in [0.1, 0.15) is 0 Å². The second-order valence-electron chi connectivity index (χ2n) is 4.14. The monoisotopic (exact) mass is 300 g/mol.